The van der Waals surface area contributed by atoms with Crippen LogP contribution in [0.1, 0.15) is 25.6 Å². The van der Waals surface area contributed by atoms with Gasteiger partial charge in [0.25, 0.3) is 0 Å². The van der Waals surface area contributed by atoms with Crippen molar-refractivity contribution in [2.24, 2.45) is 0 Å². The second kappa shape index (κ2) is 7.28. The molecule has 0 radical (unpaired) electrons. The van der Waals surface area contributed by atoms with Gasteiger partial charge in [-0.05, 0) is 32.2 Å². The zero-order chi connectivity index (χ0) is 15.3. The lowest BCUT2D eigenvalue weighted by molar-refractivity contribution is -0.138. The van der Waals surface area contributed by atoms with E-state index in [1.807, 2.05) is 38.3 Å². The molecule has 1 unspecified atom stereocenters. The second-order valence-corrected chi connectivity index (χ2v) is 6.17. The van der Waals surface area contributed by atoms with Crippen LogP contribution in [0.3, 0.4) is 0 Å². The number of rotatable bonds is 6. The van der Waals surface area contributed by atoms with Crippen molar-refractivity contribution in [2.45, 2.75) is 39.3 Å². The van der Waals surface area contributed by atoms with Gasteiger partial charge in [-0.1, -0.05) is 6.07 Å². The summed E-state index contributed by atoms with van der Waals surface area (Å²) in [5.41, 5.74) is 0. The Balaban J connectivity index is 2.69. The van der Waals surface area contributed by atoms with Gasteiger partial charge in [-0.3, -0.25) is 4.79 Å². The van der Waals surface area contributed by atoms with Crippen LogP contribution >= 0.6 is 11.3 Å². The van der Waals surface area contributed by atoms with Crippen LogP contribution < -0.4 is 0 Å². The molecular formula is C14H22N2O3S. The Labute approximate surface area is 123 Å². The summed E-state index contributed by atoms with van der Waals surface area (Å²) in [4.78, 5) is 27.4. The molecule has 1 N–H and O–H groups in total. The summed E-state index contributed by atoms with van der Waals surface area (Å²) in [6.07, 6.45) is 0.777. The Hall–Kier alpha value is -1.56. The molecule has 0 bridgehead atoms. The summed E-state index contributed by atoms with van der Waals surface area (Å²) in [5.74, 6) is -0.994. The maximum atomic E-state index is 12.4. The van der Waals surface area contributed by atoms with Gasteiger partial charge in [0.1, 0.15) is 6.54 Å². The highest BCUT2D eigenvalue weighted by molar-refractivity contribution is 7.09. The average molecular weight is 298 g/mol. The highest BCUT2D eigenvalue weighted by atomic mass is 32.1. The van der Waals surface area contributed by atoms with Crippen molar-refractivity contribution in [1.29, 1.82) is 0 Å². The zero-order valence-corrected chi connectivity index (χ0v) is 13.2. The molecule has 1 atom stereocenters. The number of hydrogen-bond acceptors (Lipinski definition) is 3. The molecule has 0 fully saturated rings. The number of nitrogens with zero attached hydrogens (tertiary/aromatic N) is 2. The molecule has 2 amide bonds. The van der Waals surface area contributed by atoms with Crippen LogP contribution in [0.5, 0.6) is 0 Å². The van der Waals surface area contributed by atoms with Gasteiger partial charge in [-0.25, -0.2) is 4.79 Å². The quantitative estimate of drug-likeness (QED) is 0.878. The maximum Gasteiger partial charge on any atom is 0.323 e. The first kappa shape index (κ1) is 16.5. The van der Waals surface area contributed by atoms with Gasteiger partial charge < -0.3 is 14.9 Å². The van der Waals surface area contributed by atoms with E-state index < -0.39 is 5.97 Å². The fourth-order valence-electron chi connectivity index (χ4n) is 1.86. The van der Waals surface area contributed by atoms with Gasteiger partial charge in [0.15, 0.2) is 0 Å². The van der Waals surface area contributed by atoms with E-state index in [0.717, 1.165) is 6.42 Å². The second-order valence-electron chi connectivity index (χ2n) is 5.14. The van der Waals surface area contributed by atoms with Crippen molar-refractivity contribution in [1.82, 2.24) is 9.80 Å². The first-order chi connectivity index (χ1) is 9.32. The number of aliphatic carboxylic acids is 1. The maximum absolute atomic E-state index is 12.4. The Kier molecular flexibility index (Phi) is 6.01. The highest BCUT2D eigenvalue weighted by Crippen LogP contribution is 2.15. The number of amides is 2. The minimum absolute atomic E-state index is 0.0243. The minimum atomic E-state index is -0.994. The number of likely N-dealkylation sites (N-methyl/N-ethyl adjacent to an activating group) is 1. The van der Waals surface area contributed by atoms with Gasteiger partial charge in [0.05, 0.1) is 0 Å². The van der Waals surface area contributed by atoms with E-state index >= 15 is 0 Å². The molecule has 0 saturated heterocycles. The normalized spacial score (nSPS) is 12.2. The number of thiophene rings is 1. The Bertz CT molecular complexity index is 445. The zero-order valence-electron chi connectivity index (χ0n) is 12.4. The fraction of sp³-hybridized carbons (Fsp3) is 0.571. The molecule has 0 aliphatic carbocycles. The summed E-state index contributed by atoms with van der Waals surface area (Å²) in [6.45, 7) is 5.33. The van der Waals surface area contributed by atoms with Crippen molar-refractivity contribution >= 4 is 23.3 Å². The number of carboxylic acids is 1. The van der Waals surface area contributed by atoms with Crippen molar-refractivity contribution in [3.05, 3.63) is 22.4 Å². The van der Waals surface area contributed by atoms with Gasteiger partial charge in [0.2, 0.25) is 0 Å². The van der Waals surface area contributed by atoms with E-state index in [-0.39, 0.29) is 24.7 Å². The van der Waals surface area contributed by atoms with E-state index in [9.17, 15) is 9.59 Å². The van der Waals surface area contributed by atoms with Gasteiger partial charge >= 0.3 is 12.0 Å². The summed E-state index contributed by atoms with van der Waals surface area (Å²) < 4.78 is 0. The van der Waals surface area contributed by atoms with Crippen molar-refractivity contribution in [3.8, 4) is 0 Å². The molecule has 0 aliphatic heterocycles. The van der Waals surface area contributed by atoms with Gasteiger partial charge in [-0.15, -0.1) is 11.3 Å². The summed E-state index contributed by atoms with van der Waals surface area (Å²) in [7, 11) is 1.72. The Morgan fingerprint density at radius 2 is 2.00 bits per heavy atom. The molecule has 0 aliphatic rings. The third-order valence-electron chi connectivity index (χ3n) is 3.21. The van der Waals surface area contributed by atoms with E-state index in [1.165, 1.54) is 9.78 Å². The van der Waals surface area contributed by atoms with Crippen LogP contribution in [0.4, 0.5) is 4.79 Å². The van der Waals surface area contributed by atoms with E-state index in [2.05, 4.69) is 0 Å². The molecule has 5 nitrogen and oxygen atoms in total. The molecule has 0 saturated carbocycles. The Morgan fingerprint density at radius 3 is 2.45 bits per heavy atom. The van der Waals surface area contributed by atoms with E-state index in [0.29, 0.717) is 0 Å². The summed E-state index contributed by atoms with van der Waals surface area (Å²) >= 11 is 1.66. The number of urea groups is 1. The predicted octanol–water partition coefficient (Wildman–Crippen LogP) is 2.53. The van der Waals surface area contributed by atoms with Crippen LogP contribution in [-0.2, 0) is 11.2 Å². The lowest BCUT2D eigenvalue weighted by Crippen LogP contribution is -2.50. The smallest absolute Gasteiger partial charge is 0.323 e. The number of carbonyl (C=O) groups excluding carboxylic acids is 1. The molecule has 1 heterocycles. The molecule has 0 aromatic carbocycles. The molecule has 20 heavy (non-hydrogen) atoms. The fourth-order valence-corrected chi connectivity index (χ4v) is 2.69. The largest absolute Gasteiger partial charge is 0.480 e. The average Bonchev–Trinajstić information content (AvgIpc) is 2.86. The third kappa shape index (κ3) is 4.52. The Morgan fingerprint density at radius 1 is 1.35 bits per heavy atom. The predicted molar refractivity (Wildman–Crippen MR) is 80.1 cm³/mol. The lowest BCUT2D eigenvalue weighted by Gasteiger charge is -2.33. The van der Waals surface area contributed by atoms with Crippen LogP contribution in [0.25, 0.3) is 0 Å². The topological polar surface area (TPSA) is 60.9 Å². The molecular weight excluding hydrogens is 276 g/mol. The van der Waals surface area contributed by atoms with E-state index in [4.69, 9.17) is 5.11 Å². The van der Waals surface area contributed by atoms with Crippen LogP contribution in [0.2, 0.25) is 0 Å². The first-order valence-corrected chi connectivity index (χ1v) is 7.48. The molecule has 112 valence electrons. The van der Waals surface area contributed by atoms with Crippen molar-refractivity contribution in [3.63, 3.8) is 0 Å². The SMILES string of the molecule is CC(Cc1cccs1)N(C)C(=O)N(CC(=O)O)C(C)C. The van der Waals surface area contributed by atoms with Gasteiger partial charge in [0, 0.05) is 30.4 Å². The van der Waals surface area contributed by atoms with Crippen molar-refractivity contribution in [2.75, 3.05) is 13.6 Å². The summed E-state index contributed by atoms with van der Waals surface area (Å²) in [6, 6.07) is 3.66. The molecule has 1 aromatic heterocycles. The van der Waals surface area contributed by atoms with E-state index in [1.54, 1.807) is 23.3 Å². The first-order valence-electron chi connectivity index (χ1n) is 6.60. The van der Waals surface area contributed by atoms with Crippen molar-refractivity contribution < 1.29 is 14.7 Å². The molecule has 1 aromatic rings. The molecule has 1 rings (SSSR count). The standard InChI is InChI=1S/C14H22N2O3S/c1-10(2)16(9-13(17)18)14(19)15(4)11(3)8-12-6-5-7-20-12/h5-7,10-11H,8-9H2,1-4H3,(H,17,18). The summed E-state index contributed by atoms with van der Waals surface area (Å²) in [5, 5.41) is 10.9. The van der Waals surface area contributed by atoms with Crippen LogP contribution in [-0.4, -0.2) is 52.6 Å². The number of carboxylic acid groups (broad SMARTS) is 1. The number of carbonyl (C=O) groups is 2. The number of hydrogen-bond donors (Lipinski definition) is 1. The minimum Gasteiger partial charge on any atom is -0.480 e. The molecule has 6 heteroatoms. The van der Waals surface area contributed by atoms with Crippen LogP contribution in [0, 0.1) is 0 Å². The van der Waals surface area contributed by atoms with Crippen LogP contribution in [0.15, 0.2) is 17.5 Å². The highest BCUT2D eigenvalue weighted by Gasteiger charge is 2.25. The lowest BCUT2D eigenvalue weighted by atomic mass is 10.2. The third-order valence-corrected chi connectivity index (χ3v) is 4.11. The van der Waals surface area contributed by atoms with Gasteiger partial charge in [-0.2, -0.15) is 0 Å². The monoisotopic (exact) mass is 298 g/mol. The molecule has 0 spiro atoms.